The van der Waals surface area contributed by atoms with Gasteiger partial charge in [0.25, 0.3) is 0 Å². The number of aryl methyl sites for hydroxylation is 2. The van der Waals surface area contributed by atoms with Crippen LogP contribution in [-0.2, 0) is 0 Å². The minimum Gasteiger partial charge on any atom is -0.491 e. The zero-order valence-electron chi connectivity index (χ0n) is 13.7. The van der Waals surface area contributed by atoms with Crippen molar-refractivity contribution in [2.45, 2.75) is 20.0 Å². The number of anilines is 1. The molecule has 1 atom stereocenters. The molecule has 5 nitrogen and oxygen atoms in total. The van der Waals surface area contributed by atoms with Gasteiger partial charge in [0.15, 0.2) is 0 Å². The topological polar surface area (TPSA) is 70.6 Å². The van der Waals surface area contributed by atoms with Crippen molar-refractivity contribution in [3.8, 4) is 5.75 Å². The normalized spacial score (nSPS) is 11.7. The zero-order chi connectivity index (χ0) is 17.5. The van der Waals surface area contributed by atoms with E-state index in [0.29, 0.717) is 5.75 Å². The third-order valence-electron chi connectivity index (χ3n) is 3.38. The van der Waals surface area contributed by atoms with Crippen LogP contribution in [0.1, 0.15) is 11.1 Å². The Morgan fingerprint density at radius 2 is 1.92 bits per heavy atom. The monoisotopic (exact) mass is 332 g/mol. The first-order valence-electron chi connectivity index (χ1n) is 7.62. The van der Waals surface area contributed by atoms with Crippen LogP contribution in [0.5, 0.6) is 5.75 Å². The standard InChI is InChI=1S/C18H21FN2O3/c1-12-3-8-17(13(2)9-12)21-18(23)20-10-15(22)11-24-16-6-4-14(19)5-7-16/h3-9,15,22H,10-11H2,1-2H3,(H2,20,21,23). The first kappa shape index (κ1) is 17.7. The smallest absolute Gasteiger partial charge is 0.319 e. The second-order valence-corrected chi connectivity index (χ2v) is 5.57. The Morgan fingerprint density at radius 3 is 2.58 bits per heavy atom. The summed E-state index contributed by atoms with van der Waals surface area (Å²) in [7, 11) is 0. The Hall–Kier alpha value is -2.60. The van der Waals surface area contributed by atoms with Crippen molar-refractivity contribution in [2.75, 3.05) is 18.5 Å². The minimum absolute atomic E-state index is 0.00449. The summed E-state index contributed by atoms with van der Waals surface area (Å²) in [4.78, 5) is 11.8. The van der Waals surface area contributed by atoms with Crippen LogP contribution in [0, 0.1) is 19.7 Å². The van der Waals surface area contributed by atoms with E-state index < -0.39 is 12.1 Å². The quantitative estimate of drug-likeness (QED) is 0.761. The second-order valence-electron chi connectivity index (χ2n) is 5.57. The van der Waals surface area contributed by atoms with Crippen LogP contribution in [-0.4, -0.2) is 30.4 Å². The van der Waals surface area contributed by atoms with E-state index in [4.69, 9.17) is 4.74 Å². The molecule has 0 aromatic heterocycles. The van der Waals surface area contributed by atoms with E-state index in [0.717, 1.165) is 16.8 Å². The zero-order valence-corrected chi connectivity index (χ0v) is 13.7. The number of benzene rings is 2. The molecule has 0 aliphatic heterocycles. The van der Waals surface area contributed by atoms with Crippen LogP contribution >= 0.6 is 0 Å². The van der Waals surface area contributed by atoms with Crippen molar-refractivity contribution in [1.82, 2.24) is 5.32 Å². The molecule has 2 aromatic rings. The molecular formula is C18H21FN2O3. The number of hydrogen-bond acceptors (Lipinski definition) is 3. The maximum absolute atomic E-state index is 12.8. The number of carbonyl (C=O) groups is 1. The molecular weight excluding hydrogens is 311 g/mol. The molecule has 1 unspecified atom stereocenters. The van der Waals surface area contributed by atoms with Crippen LogP contribution in [0.4, 0.5) is 14.9 Å². The summed E-state index contributed by atoms with van der Waals surface area (Å²) < 4.78 is 18.1. The second kappa shape index (κ2) is 8.31. The van der Waals surface area contributed by atoms with E-state index in [1.807, 2.05) is 32.0 Å². The van der Waals surface area contributed by atoms with Gasteiger partial charge in [-0.2, -0.15) is 0 Å². The number of amides is 2. The molecule has 0 aliphatic carbocycles. The van der Waals surface area contributed by atoms with E-state index >= 15 is 0 Å². The molecule has 3 N–H and O–H groups in total. The average Bonchev–Trinajstić information content (AvgIpc) is 2.55. The van der Waals surface area contributed by atoms with Gasteiger partial charge in [0, 0.05) is 12.2 Å². The van der Waals surface area contributed by atoms with Gasteiger partial charge >= 0.3 is 6.03 Å². The number of nitrogens with one attached hydrogen (secondary N) is 2. The lowest BCUT2D eigenvalue weighted by Gasteiger charge is -2.14. The Kier molecular flexibility index (Phi) is 6.14. The van der Waals surface area contributed by atoms with Crippen LogP contribution < -0.4 is 15.4 Å². The number of hydrogen-bond donors (Lipinski definition) is 3. The van der Waals surface area contributed by atoms with E-state index in [-0.39, 0.29) is 19.0 Å². The van der Waals surface area contributed by atoms with Gasteiger partial charge in [0.05, 0.1) is 0 Å². The van der Waals surface area contributed by atoms with Crippen LogP contribution in [0.15, 0.2) is 42.5 Å². The first-order valence-corrected chi connectivity index (χ1v) is 7.62. The van der Waals surface area contributed by atoms with Crippen molar-refractivity contribution < 1.29 is 19.0 Å². The predicted octanol–water partition coefficient (Wildman–Crippen LogP) is 3.00. The number of carbonyl (C=O) groups excluding carboxylic acids is 1. The molecule has 0 spiro atoms. The molecule has 0 heterocycles. The molecule has 2 aromatic carbocycles. The Balaban J connectivity index is 1.73. The van der Waals surface area contributed by atoms with Gasteiger partial charge in [-0.3, -0.25) is 0 Å². The third-order valence-corrected chi connectivity index (χ3v) is 3.38. The summed E-state index contributed by atoms with van der Waals surface area (Å²) in [6.45, 7) is 3.93. The molecule has 0 saturated heterocycles. The summed E-state index contributed by atoms with van der Waals surface area (Å²) in [5.41, 5.74) is 2.80. The lowest BCUT2D eigenvalue weighted by molar-refractivity contribution is 0.108. The SMILES string of the molecule is Cc1ccc(NC(=O)NCC(O)COc2ccc(F)cc2)c(C)c1. The van der Waals surface area contributed by atoms with Gasteiger partial charge in [-0.25, -0.2) is 9.18 Å². The molecule has 128 valence electrons. The molecule has 0 radical (unpaired) electrons. The highest BCUT2D eigenvalue weighted by Crippen LogP contribution is 2.15. The highest BCUT2D eigenvalue weighted by Gasteiger charge is 2.09. The number of aliphatic hydroxyl groups excluding tert-OH is 1. The number of aliphatic hydroxyl groups is 1. The molecule has 2 amide bonds. The maximum atomic E-state index is 12.8. The van der Waals surface area contributed by atoms with E-state index in [2.05, 4.69) is 10.6 Å². The van der Waals surface area contributed by atoms with E-state index in [9.17, 15) is 14.3 Å². The van der Waals surface area contributed by atoms with Crippen molar-refractivity contribution in [3.63, 3.8) is 0 Å². The van der Waals surface area contributed by atoms with Gasteiger partial charge in [-0.05, 0) is 49.7 Å². The molecule has 0 aliphatic rings. The van der Waals surface area contributed by atoms with Crippen LogP contribution in [0.3, 0.4) is 0 Å². The van der Waals surface area contributed by atoms with Gasteiger partial charge in [-0.1, -0.05) is 17.7 Å². The Morgan fingerprint density at radius 1 is 1.21 bits per heavy atom. The number of urea groups is 1. The summed E-state index contributed by atoms with van der Waals surface area (Å²) >= 11 is 0. The Labute approximate surface area is 140 Å². The van der Waals surface area contributed by atoms with Crippen molar-refractivity contribution in [2.24, 2.45) is 0 Å². The average molecular weight is 332 g/mol. The van der Waals surface area contributed by atoms with E-state index in [1.54, 1.807) is 0 Å². The molecule has 24 heavy (non-hydrogen) atoms. The molecule has 0 fully saturated rings. The lowest BCUT2D eigenvalue weighted by atomic mass is 10.1. The Bertz CT molecular complexity index is 689. The van der Waals surface area contributed by atoms with Crippen molar-refractivity contribution >= 4 is 11.7 Å². The van der Waals surface area contributed by atoms with Crippen molar-refractivity contribution in [1.29, 1.82) is 0 Å². The molecule has 6 heteroatoms. The maximum Gasteiger partial charge on any atom is 0.319 e. The highest BCUT2D eigenvalue weighted by molar-refractivity contribution is 5.90. The molecule has 0 saturated carbocycles. The first-order chi connectivity index (χ1) is 11.4. The van der Waals surface area contributed by atoms with Gasteiger partial charge < -0.3 is 20.5 Å². The van der Waals surface area contributed by atoms with Gasteiger partial charge in [0.2, 0.25) is 0 Å². The summed E-state index contributed by atoms with van der Waals surface area (Å²) in [6.07, 6.45) is -0.875. The fraction of sp³-hybridized carbons (Fsp3) is 0.278. The predicted molar refractivity (Wildman–Crippen MR) is 90.8 cm³/mol. The fourth-order valence-corrected chi connectivity index (χ4v) is 2.11. The summed E-state index contributed by atoms with van der Waals surface area (Å²) in [6, 6.07) is 10.8. The highest BCUT2D eigenvalue weighted by atomic mass is 19.1. The van der Waals surface area contributed by atoms with Gasteiger partial charge in [0.1, 0.15) is 24.3 Å². The number of ether oxygens (including phenoxy) is 1. The third kappa shape index (κ3) is 5.55. The van der Waals surface area contributed by atoms with Crippen LogP contribution in [0.2, 0.25) is 0 Å². The molecule has 2 rings (SSSR count). The van der Waals surface area contributed by atoms with Crippen LogP contribution in [0.25, 0.3) is 0 Å². The molecule has 0 bridgehead atoms. The van der Waals surface area contributed by atoms with E-state index in [1.165, 1.54) is 24.3 Å². The van der Waals surface area contributed by atoms with Gasteiger partial charge in [-0.15, -0.1) is 0 Å². The largest absolute Gasteiger partial charge is 0.491 e. The summed E-state index contributed by atoms with van der Waals surface area (Å²) in [5, 5.41) is 15.1. The van der Waals surface area contributed by atoms with Crippen molar-refractivity contribution in [3.05, 3.63) is 59.4 Å². The number of halogens is 1. The summed E-state index contributed by atoms with van der Waals surface area (Å²) in [5.74, 6) is 0.0998. The lowest BCUT2D eigenvalue weighted by Crippen LogP contribution is -2.37. The fourth-order valence-electron chi connectivity index (χ4n) is 2.11. The number of rotatable bonds is 6. The minimum atomic E-state index is -0.875.